The molecule has 0 aromatic rings. The maximum Gasteiger partial charge on any atom is 4.00 e. The molecular weight excluding hydrogens is 1020 g/mol. The summed E-state index contributed by atoms with van der Waals surface area (Å²) in [6, 6.07) is 0. The molecule has 0 unspecified atom stereocenters. The molecule has 77 heavy (non-hydrogen) atoms. The van der Waals surface area contributed by atoms with E-state index in [4.69, 9.17) is 0 Å². The van der Waals surface area contributed by atoms with Crippen molar-refractivity contribution in [2.75, 3.05) is 0 Å². The van der Waals surface area contributed by atoms with Gasteiger partial charge in [0.15, 0.2) is 0 Å². The second kappa shape index (κ2) is 45.0. The first kappa shape index (κ1) is 84.2. The Bertz CT molecular complexity index is 1110. The van der Waals surface area contributed by atoms with Crippen LogP contribution in [0.4, 0.5) is 0 Å². The summed E-state index contributed by atoms with van der Waals surface area (Å²) in [5, 5.41) is 47.0. The molecule has 8 nitrogen and oxygen atoms in total. The molecule has 0 aromatic heterocycles. The van der Waals surface area contributed by atoms with Crippen molar-refractivity contribution in [2.24, 2.45) is 92.7 Å². The monoisotopic (exact) mass is 1150 g/mol. The first-order chi connectivity index (χ1) is 34.8. The molecule has 0 radical (unpaired) electrons. The van der Waals surface area contributed by atoms with E-state index in [1.54, 1.807) is 0 Å². The third-order valence-corrected chi connectivity index (χ3v) is 16.1. The van der Waals surface area contributed by atoms with Gasteiger partial charge in [-0.3, -0.25) is 0 Å². The summed E-state index contributed by atoms with van der Waals surface area (Å²) >= 11 is 0. The van der Waals surface area contributed by atoms with Crippen LogP contribution < -0.4 is 20.4 Å². The smallest absolute Gasteiger partial charge is 0.550 e. The number of hydrogen-bond donors (Lipinski definition) is 0. The van der Waals surface area contributed by atoms with Crippen LogP contribution in [0.1, 0.15) is 320 Å². The van der Waals surface area contributed by atoms with Crippen molar-refractivity contribution in [3.8, 4) is 0 Å². The van der Waals surface area contributed by atoms with Crippen molar-refractivity contribution in [1.29, 1.82) is 0 Å². The number of carbonyl (C=O) groups is 4. The Hall–Kier alpha value is -1.58. The van der Waals surface area contributed by atoms with Gasteiger partial charge in [0.25, 0.3) is 0 Å². The molecule has 0 spiro atoms. The standard InChI is InChI=1S/4C17H34O2.Ge/c4*1-13(2)7-10-17(16(18)19,11-8-14(3)4)12-9-15(5)6;/h4*13-15H,7-12H2,1-6H3,(H,18,19);/q;;;;+4/p-4. The predicted octanol–water partition coefficient (Wildman–Crippen LogP) is 15.7. The van der Waals surface area contributed by atoms with E-state index in [9.17, 15) is 39.6 Å². The van der Waals surface area contributed by atoms with Gasteiger partial charge in [0.05, 0.1) is 0 Å². The fourth-order valence-corrected chi connectivity index (χ4v) is 9.50. The second-order valence-electron chi connectivity index (χ2n) is 29.5. The molecule has 9 heteroatoms. The summed E-state index contributed by atoms with van der Waals surface area (Å²) in [7, 11) is 0. The van der Waals surface area contributed by atoms with Crippen LogP contribution in [0.2, 0.25) is 0 Å². The van der Waals surface area contributed by atoms with Crippen LogP contribution in [-0.4, -0.2) is 41.5 Å². The first-order valence-electron chi connectivity index (χ1n) is 31.6. The summed E-state index contributed by atoms with van der Waals surface area (Å²) in [5.74, 6) is 3.33. The van der Waals surface area contributed by atoms with Gasteiger partial charge >= 0.3 is 17.6 Å². The van der Waals surface area contributed by atoms with E-state index >= 15 is 0 Å². The van der Waals surface area contributed by atoms with Crippen molar-refractivity contribution >= 4 is 41.5 Å². The summed E-state index contributed by atoms with van der Waals surface area (Å²) in [4.78, 5) is 47.0. The maximum absolute atomic E-state index is 11.7. The Balaban J connectivity index is -0.000000298. The average molecular weight is 1150 g/mol. The molecule has 0 saturated carbocycles. The van der Waals surface area contributed by atoms with Crippen LogP contribution >= 0.6 is 0 Å². The van der Waals surface area contributed by atoms with Crippen LogP contribution in [0.15, 0.2) is 0 Å². The third-order valence-electron chi connectivity index (χ3n) is 16.1. The van der Waals surface area contributed by atoms with Crippen molar-refractivity contribution in [1.82, 2.24) is 0 Å². The summed E-state index contributed by atoms with van der Waals surface area (Å²) < 4.78 is 0. The molecule has 0 atom stereocenters. The van der Waals surface area contributed by atoms with Crippen molar-refractivity contribution < 1.29 is 39.6 Å². The molecular formula is C68H132GeO8. The number of carboxylic acids is 4. The molecule has 456 valence electrons. The molecule has 0 aromatic carbocycles. The minimum Gasteiger partial charge on any atom is -0.550 e. The van der Waals surface area contributed by atoms with Crippen LogP contribution in [0.25, 0.3) is 0 Å². The van der Waals surface area contributed by atoms with E-state index in [0.29, 0.717) is 71.0 Å². The van der Waals surface area contributed by atoms with Crippen molar-refractivity contribution in [3.63, 3.8) is 0 Å². The molecule has 0 amide bonds. The molecule has 0 aliphatic heterocycles. The van der Waals surface area contributed by atoms with E-state index in [1.165, 1.54) is 0 Å². The largest absolute Gasteiger partial charge is 4.00 e. The third kappa shape index (κ3) is 43.8. The van der Waals surface area contributed by atoms with E-state index in [1.807, 2.05) is 0 Å². The second-order valence-corrected chi connectivity index (χ2v) is 29.5. The molecule has 0 N–H and O–H groups in total. The number of carbonyl (C=O) groups excluding carboxylic acids is 4. The molecule has 0 saturated heterocycles. The van der Waals surface area contributed by atoms with Crippen molar-refractivity contribution in [2.45, 2.75) is 320 Å². The van der Waals surface area contributed by atoms with Gasteiger partial charge in [-0.25, -0.2) is 0 Å². The fourth-order valence-electron chi connectivity index (χ4n) is 9.50. The van der Waals surface area contributed by atoms with Gasteiger partial charge in [0.1, 0.15) is 0 Å². The molecule has 0 aliphatic carbocycles. The van der Waals surface area contributed by atoms with Crippen LogP contribution in [0.5, 0.6) is 0 Å². The minimum absolute atomic E-state index is 0. The molecule has 0 heterocycles. The van der Waals surface area contributed by atoms with Gasteiger partial charge in [-0.05, 0) is 148 Å². The Morgan fingerprint density at radius 3 is 0.312 bits per heavy atom. The summed E-state index contributed by atoms with van der Waals surface area (Å²) in [5.41, 5.74) is -2.39. The topological polar surface area (TPSA) is 161 Å². The van der Waals surface area contributed by atoms with Gasteiger partial charge in [0.2, 0.25) is 0 Å². The average Bonchev–Trinajstić information content (AvgIpc) is 3.28. The molecule has 0 bridgehead atoms. The van der Waals surface area contributed by atoms with E-state index in [0.717, 1.165) is 154 Å². The number of rotatable bonds is 40. The fraction of sp³-hybridized carbons (Fsp3) is 0.941. The van der Waals surface area contributed by atoms with Crippen LogP contribution in [0.3, 0.4) is 0 Å². The van der Waals surface area contributed by atoms with Crippen molar-refractivity contribution in [3.05, 3.63) is 0 Å². The van der Waals surface area contributed by atoms with Crippen LogP contribution in [0, 0.1) is 92.7 Å². The van der Waals surface area contributed by atoms with Gasteiger partial charge in [-0.15, -0.1) is 0 Å². The zero-order valence-electron chi connectivity index (χ0n) is 55.7. The molecule has 0 fully saturated rings. The van der Waals surface area contributed by atoms with E-state index < -0.39 is 45.5 Å². The SMILES string of the molecule is CC(C)CCC(CCC(C)C)(CCC(C)C)C(=O)[O-].CC(C)CCC(CCC(C)C)(CCC(C)C)C(=O)[O-].CC(C)CCC(CCC(C)C)(CCC(C)C)C(=O)[O-].CC(C)CCC(CCC(C)C)(CCC(C)C)C(=O)[O-].[Ge+4]. The maximum atomic E-state index is 11.7. The Morgan fingerprint density at radius 2 is 0.273 bits per heavy atom. The summed E-state index contributed by atoms with van der Waals surface area (Å²) in [6.45, 7) is 51.8. The zero-order chi connectivity index (χ0) is 60.2. The van der Waals surface area contributed by atoms with Gasteiger partial charge in [0, 0.05) is 45.5 Å². The van der Waals surface area contributed by atoms with Gasteiger partial charge in [-0.1, -0.05) is 243 Å². The quantitative estimate of drug-likeness (QED) is 0.0548. The number of hydrogen-bond acceptors (Lipinski definition) is 8. The van der Waals surface area contributed by atoms with Gasteiger partial charge < -0.3 is 39.6 Å². The minimum atomic E-state index is -0.825. The number of aliphatic carboxylic acids is 4. The Labute approximate surface area is 491 Å². The molecule has 0 aliphatic rings. The number of carboxylic acid groups (broad SMARTS) is 4. The summed E-state index contributed by atoms with van der Waals surface area (Å²) in [6.07, 6.45) is 21.0. The normalized spacial score (nSPS) is 12.5. The van der Waals surface area contributed by atoms with Crippen LogP contribution in [-0.2, 0) is 19.2 Å². The first-order valence-corrected chi connectivity index (χ1v) is 31.6. The Morgan fingerprint density at radius 1 is 0.208 bits per heavy atom. The molecule has 0 rings (SSSR count). The predicted molar refractivity (Wildman–Crippen MR) is 324 cm³/mol. The van der Waals surface area contributed by atoms with E-state index in [-0.39, 0.29) is 17.6 Å². The van der Waals surface area contributed by atoms with E-state index in [2.05, 4.69) is 166 Å². The Kier molecular flexibility index (Phi) is 49.2. The van der Waals surface area contributed by atoms with Gasteiger partial charge in [-0.2, -0.15) is 0 Å². The zero-order valence-corrected chi connectivity index (χ0v) is 57.8.